The number of benzene rings is 4. The maximum Gasteiger partial charge on any atom is 0.124 e. The number of hydrogen-bond donors (Lipinski definition) is 2. The minimum Gasteiger partial charge on any atom is -0.507 e. The largest absolute Gasteiger partial charge is 0.507 e. The van der Waals surface area contributed by atoms with E-state index in [4.69, 9.17) is 0 Å². The van der Waals surface area contributed by atoms with Gasteiger partial charge in [-0.15, -0.1) is 0 Å². The second kappa shape index (κ2) is 10.0. The van der Waals surface area contributed by atoms with Gasteiger partial charge in [-0.2, -0.15) is 0 Å². The lowest BCUT2D eigenvalue weighted by atomic mass is 10.1. The number of nitrogens with zero attached hydrogens (tertiary/aromatic N) is 2. The molecule has 32 heavy (non-hydrogen) atoms. The molecule has 0 unspecified atom stereocenters. The molecule has 2 N–H and O–H groups in total. The molecule has 4 heteroatoms. The van der Waals surface area contributed by atoms with Gasteiger partial charge in [-0.05, 0) is 59.7 Å². The second-order valence-electron chi connectivity index (χ2n) is 7.15. The number of phenols is 2. The maximum atomic E-state index is 9.80. The van der Waals surface area contributed by atoms with Crippen LogP contribution in [0.25, 0.3) is 12.2 Å². The van der Waals surface area contributed by atoms with Crippen LogP contribution in [0.15, 0.2) is 107 Å². The van der Waals surface area contributed by atoms with Crippen molar-refractivity contribution < 1.29 is 10.2 Å². The summed E-state index contributed by atoms with van der Waals surface area (Å²) in [6.45, 7) is 0. The van der Waals surface area contributed by atoms with Crippen molar-refractivity contribution in [3.63, 3.8) is 0 Å². The Morgan fingerprint density at radius 1 is 0.469 bits per heavy atom. The summed E-state index contributed by atoms with van der Waals surface area (Å²) in [6, 6.07) is 30.0. The molecule has 156 valence electrons. The molecule has 0 heterocycles. The van der Waals surface area contributed by atoms with E-state index < -0.39 is 0 Å². The minimum atomic E-state index is 0.214. The molecule has 4 nitrogen and oxygen atoms in total. The van der Waals surface area contributed by atoms with Gasteiger partial charge in [0.25, 0.3) is 0 Å². The van der Waals surface area contributed by atoms with Gasteiger partial charge in [0.05, 0.1) is 11.4 Å². The van der Waals surface area contributed by atoms with Crippen LogP contribution in [0.3, 0.4) is 0 Å². The van der Waals surface area contributed by atoms with Gasteiger partial charge in [-0.1, -0.05) is 60.7 Å². The Morgan fingerprint density at radius 3 is 1.22 bits per heavy atom. The first-order chi connectivity index (χ1) is 15.7. The van der Waals surface area contributed by atoms with Crippen molar-refractivity contribution in [3.8, 4) is 11.5 Å². The van der Waals surface area contributed by atoms with Crippen LogP contribution in [0.5, 0.6) is 11.5 Å². The van der Waals surface area contributed by atoms with Crippen molar-refractivity contribution in [3.05, 3.63) is 119 Å². The highest BCUT2D eigenvalue weighted by atomic mass is 16.3. The van der Waals surface area contributed by atoms with Crippen LogP contribution in [-0.2, 0) is 0 Å². The van der Waals surface area contributed by atoms with Gasteiger partial charge in [0.1, 0.15) is 11.5 Å². The van der Waals surface area contributed by atoms with Gasteiger partial charge < -0.3 is 10.2 Å². The molecule has 0 aromatic heterocycles. The highest BCUT2D eigenvalue weighted by molar-refractivity contribution is 5.86. The lowest BCUT2D eigenvalue weighted by molar-refractivity contribution is 0.474. The fourth-order valence-electron chi connectivity index (χ4n) is 3.02. The molecule has 0 bridgehead atoms. The van der Waals surface area contributed by atoms with Crippen LogP contribution in [0.2, 0.25) is 0 Å². The fourth-order valence-corrected chi connectivity index (χ4v) is 3.02. The Hall–Kier alpha value is -4.44. The summed E-state index contributed by atoms with van der Waals surface area (Å²) in [7, 11) is 0. The lowest BCUT2D eigenvalue weighted by Gasteiger charge is -1.99. The molecule has 0 aliphatic carbocycles. The van der Waals surface area contributed by atoms with Crippen molar-refractivity contribution in [1.29, 1.82) is 0 Å². The number of hydrogen-bond acceptors (Lipinski definition) is 4. The topological polar surface area (TPSA) is 65.2 Å². The Balaban J connectivity index is 1.38. The average molecular weight is 418 g/mol. The van der Waals surface area contributed by atoms with Crippen LogP contribution in [0.1, 0.15) is 22.3 Å². The molecule has 4 aromatic rings. The molecule has 0 radical (unpaired) electrons. The maximum absolute atomic E-state index is 9.80. The van der Waals surface area contributed by atoms with E-state index in [0.717, 1.165) is 22.5 Å². The highest BCUT2D eigenvalue weighted by Crippen LogP contribution is 2.20. The molecule has 0 amide bonds. The molecule has 0 spiro atoms. The van der Waals surface area contributed by atoms with Crippen molar-refractivity contribution >= 4 is 36.0 Å². The number of aliphatic imine (C=N–C) groups is 2. The Labute approximate surface area is 187 Å². The van der Waals surface area contributed by atoms with Crippen LogP contribution >= 0.6 is 0 Å². The number of rotatable bonds is 6. The Morgan fingerprint density at radius 2 is 0.844 bits per heavy atom. The number of aromatic hydroxyl groups is 2. The monoisotopic (exact) mass is 418 g/mol. The molecule has 0 saturated carbocycles. The first kappa shape index (κ1) is 20.8. The summed E-state index contributed by atoms with van der Waals surface area (Å²) in [6.07, 6.45) is 7.39. The molecule has 0 saturated heterocycles. The van der Waals surface area contributed by atoms with Crippen LogP contribution in [-0.4, -0.2) is 22.6 Å². The van der Waals surface area contributed by atoms with E-state index in [0.29, 0.717) is 11.1 Å². The Kier molecular flexibility index (Phi) is 6.54. The van der Waals surface area contributed by atoms with Crippen LogP contribution in [0.4, 0.5) is 11.4 Å². The summed E-state index contributed by atoms with van der Waals surface area (Å²) in [5, 5.41) is 19.6. The molecule has 0 aliphatic heterocycles. The van der Waals surface area contributed by atoms with Gasteiger partial charge in [-0.25, -0.2) is 0 Å². The first-order valence-electron chi connectivity index (χ1n) is 10.2. The highest BCUT2D eigenvalue weighted by Gasteiger charge is 1.97. The summed E-state index contributed by atoms with van der Waals surface area (Å²) in [4.78, 5) is 8.83. The summed E-state index contributed by atoms with van der Waals surface area (Å²) in [5.74, 6) is 0.427. The van der Waals surface area contributed by atoms with Gasteiger partial charge in [0.15, 0.2) is 0 Å². The second-order valence-corrected chi connectivity index (χ2v) is 7.15. The first-order valence-corrected chi connectivity index (χ1v) is 10.2. The third kappa shape index (κ3) is 5.58. The van der Waals surface area contributed by atoms with Crippen LogP contribution in [0, 0.1) is 0 Å². The summed E-state index contributed by atoms with van der Waals surface area (Å²) in [5.41, 5.74) is 5.13. The molecule has 4 rings (SSSR count). The van der Waals surface area contributed by atoms with E-state index in [9.17, 15) is 10.2 Å². The minimum absolute atomic E-state index is 0.214. The third-order valence-electron chi connectivity index (χ3n) is 4.83. The lowest BCUT2D eigenvalue weighted by Crippen LogP contribution is -1.81. The van der Waals surface area contributed by atoms with Gasteiger partial charge in [0, 0.05) is 23.6 Å². The molecule has 0 fully saturated rings. The normalized spacial score (nSPS) is 11.6. The molecule has 0 atom stereocenters. The molecule has 0 aliphatic rings. The predicted molar refractivity (Wildman–Crippen MR) is 133 cm³/mol. The summed E-state index contributed by atoms with van der Waals surface area (Å²) >= 11 is 0. The van der Waals surface area contributed by atoms with E-state index in [1.54, 1.807) is 36.7 Å². The molecular weight excluding hydrogens is 396 g/mol. The predicted octanol–water partition coefficient (Wildman–Crippen LogP) is 6.77. The third-order valence-corrected chi connectivity index (χ3v) is 4.83. The standard InChI is InChI=1S/C28H22N2O2/c31-27-7-3-1-5-23(27)19-29-25-15-11-21(12-16-25)9-10-22-13-17-26(18-14-22)30-20-24-6-2-4-8-28(24)32/h1-20,31-32H. The zero-order chi connectivity index (χ0) is 22.2. The van der Waals surface area contributed by atoms with Crippen molar-refractivity contribution in [2.45, 2.75) is 0 Å². The molecule has 4 aromatic carbocycles. The van der Waals surface area contributed by atoms with Crippen LogP contribution < -0.4 is 0 Å². The average Bonchev–Trinajstić information content (AvgIpc) is 2.83. The van der Waals surface area contributed by atoms with Gasteiger partial charge >= 0.3 is 0 Å². The zero-order valence-corrected chi connectivity index (χ0v) is 17.3. The number of phenolic OH excluding ortho intramolecular Hbond substituents is 2. The van der Waals surface area contributed by atoms with Crippen molar-refractivity contribution in [2.24, 2.45) is 9.98 Å². The van der Waals surface area contributed by atoms with Gasteiger partial charge in [0.2, 0.25) is 0 Å². The van der Waals surface area contributed by atoms with E-state index in [1.807, 2.05) is 84.9 Å². The van der Waals surface area contributed by atoms with E-state index in [1.165, 1.54) is 0 Å². The zero-order valence-electron chi connectivity index (χ0n) is 17.3. The molecular formula is C28H22N2O2. The smallest absolute Gasteiger partial charge is 0.124 e. The van der Waals surface area contributed by atoms with Gasteiger partial charge in [-0.3, -0.25) is 9.98 Å². The number of para-hydroxylation sites is 2. The van der Waals surface area contributed by atoms with Crippen molar-refractivity contribution in [1.82, 2.24) is 0 Å². The van der Waals surface area contributed by atoms with E-state index in [-0.39, 0.29) is 11.5 Å². The summed E-state index contributed by atoms with van der Waals surface area (Å²) < 4.78 is 0. The fraction of sp³-hybridized carbons (Fsp3) is 0. The van der Waals surface area contributed by atoms with E-state index >= 15 is 0 Å². The SMILES string of the molecule is Oc1ccccc1C=Nc1ccc(C=Cc2ccc(N=Cc3ccccc3O)cc2)cc1. The van der Waals surface area contributed by atoms with Crippen molar-refractivity contribution in [2.75, 3.05) is 0 Å². The quantitative estimate of drug-likeness (QED) is 0.268. The van der Waals surface area contributed by atoms with E-state index in [2.05, 4.69) is 9.98 Å². The Bertz CT molecular complexity index is 1170.